The van der Waals surface area contributed by atoms with Gasteiger partial charge in [0, 0.05) is 52.0 Å². The Morgan fingerprint density at radius 1 is 1.23 bits per heavy atom. The van der Waals surface area contributed by atoms with E-state index < -0.39 is 6.17 Å². The van der Waals surface area contributed by atoms with Crippen molar-refractivity contribution in [3.05, 3.63) is 41.3 Å². The van der Waals surface area contributed by atoms with Gasteiger partial charge in [0.2, 0.25) is 5.95 Å². The van der Waals surface area contributed by atoms with Gasteiger partial charge in [-0.2, -0.15) is 4.98 Å². The lowest BCUT2D eigenvalue weighted by molar-refractivity contribution is 0.287. The van der Waals surface area contributed by atoms with Crippen LogP contribution in [0.2, 0.25) is 5.02 Å². The molecule has 0 radical (unpaired) electrons. The zero-order valence-corrected chi connectivity index (χ0v) is 16.1. The van der Waals surface area contributed by atoms with Gasteiger partial charge in [-0.05, 0) is 25.2 Å². The van der Waals surface area contributed by atoms with Gasteiger partial charge in [0.1, 0.15) is 12.0 Å². The van der Waals surface area contributed by atoms with Crippen molar-refractivity contribution in [1.82, 2.24) is 19.9 Å². The summed E-state index contributed by atoms with van der Waals surface area (Å²) in [6.07, 6.45) is 3.09. The zero-order chi connectivity index (χ0) is 18.7. The van der Waals surface area contributed by atoms with Crippen molar-refractivity contribution >= 4 is 23.4 Å². The van der Waals surface area contributed by atoms with Crippen LogP contribution >= 0.6 is 11.6 Å². The lowest BCUT2D eigenvalue weighted by atomic mass is 10.2. The Balaban J connectivity index is 1.71. The molecule has 0 spiro atoms. The van der Waals surface area contributed by atoms with E-state index >= 15 is 0 Å². The van der Waals surface area contributed by atoms with Crippen LogP contribution in [0.4, 0.5) is 16.2 Å². The van der Waals surface area contributed by atoms with E-state index in [0.717, 1.165) is 11.5 Å². The minimum Gasteiger partial charge on any atom is -0.349 e. The normalized spacial score (nSPS) is 20.0. The number of anilines is 2. The number of rotatable bonds is 6. The fourth-order valence-corrected chi connectivity index (χ4v) is 3.42. The van der Waals surface area contributed by atoms with Crippen molar-refractivity contribution in [3.8, 4) is 0 Å². The van der Waals surface area contributed by atoms with Crippen molar-refractivity contribution in [2.45, 2.75) is 25.2 Å². The smallest absolute Gasteiger partial charge is 0.226 e. The van der Waals surface area contributed by atoms with Gasteiger partial charge in [0.05, 0.1) is 17.3 Å². The molecule has 1 saturated heterocycles. The third kappa shape index (κ3) is 4.40. The van der Waals surface area contributed by atoms with Gasteiger partial charge in [-0.1, -0.05) is 11.6 Å². The molecule has 0 aromatic carbocycles. The van der Waals surface area contributed by atoms with Crippen LogP contribution in [0.1, 0.15) is 12.1 Å². The van der Waals surface area contributed by atoms with E-state index in [2.05, 4.69) is 19.9 Å². The van der Waals surface area contributed by atoms with E-state index in [0.29, 0.717) is 37.0 Å². The Bertz CT molecular complexity index is 743. The highest BCUT2D eigenvalue weighted by atomic mass is 35.5. The second-order valence-corrected chi connectivity index (χ2v) is 7.28. The van der Waals surface area contributed by atoms with E-state index in [-0.39, 0.29) is 6.04 Å². The van der Waals surface area contributed by atoms with Gasteiger partial charge in [-0.3, -0.25) is 9.88 Å². The van der Waals surface area contributed by atoms with Crippen LogP contribution in [0.5, 0.6) is 0 Å². The van der Waals surface area contributed by atoms with Crippen molar-refractivity contribution < 1.29 is 4.39 Å². The molecule has 1 aliphatic heterocycles. The molecule has 1 aliphatic rings. The molecular weight excluding hydrogens is 355 g/mol. The van der Waals surface area contributed by atoms with E-state index in [1.165, 1.54) is 0 Å². The number of halogens is 2. The summed E-state index contributed by atoms with van der Waals surface area (Å²) in [5, 5.41) is 0.650. The summed E-state index contributed by atoms with van der Waals surface area (Å²) in [6, 6.07) is 5.53. The predicted octanol–water partition coefficient (Wildman–Crippen LogP) is 2.64. The van der Waals surface area contributed by atoms with Crippen LogP contribution in [0.15, 0.2) is 30.6 Å². The quantitative estimate of drug-likeness (QED) is 0.770. The summed E-state index contributed by atoms with van der Waals surface area (Å²) in [4.78, 5) is 19.1. The number of likely N-dealkylation sites (N-methyl/N-ethyl adjacent to an activating group) is 1. The lowest BCUT2D eigenvalue weighted by Crippen LogP contribution is -2.39. The first-order chi connectivity index (χ1) is 12.4. The number of pyridine rings is 1. The minimum atomic E-state index is -0.857. The minimum absolute atomic E-state index is 0.0439. The summed E-state index contributed by atoms with van der Waals surface area (Å²) in [5.74, 6) is 1.38. The Morgan fingerprint density at radius 2 is 2.04 bits per heavy atom. The van der Waals surface area contributed by atoms with Crippen molar-refractivity contribution in [2.75, 3.05) is 44.0 Å². The Kier molecular flexibility index (Phi) is 5.88. The molecule has 6 nitrogen and oxygen atoms in total. The van der Waals surface area contributed by atoms with Crippen molar-refractivity contribution in [3.63, 3.8) is 0 Å². The van der Waals surface area contributed by atoms with Crippen LogP contribution in [-0.4, -0.2) is 66.3 Å². The molecule has 0 saturated carbocycles. The molecule has 26 heavy (non-hydrogen) atoms. The molecule has 0 bridgehead atoms. The monoisotopic (exact) mass is 378 g/mol. The fraction of sp³-hybridized carbons (Fsp3) is 0.500. The second kappa shape index (κ2) is 8.14. The number of hydrogen-bond donors (Lipinski definition) is 0. The van der Waals surface area contributed by atoms with Gasteiger partial charge in [0.15, 0.2) is 0 Å². The molecule has 0 amide bonds. The van der Waals surface area contributed by atoms with E-state index in [4.69, 9.17) is 11.6 Å². The standard InChI is InChI=1S/C18H24ClFN6/c1-24(2)18-22-8-6-17(23-18)26-10-13(20)9-14(26)11-25(3)12-16-15(19)5-4-7-21-16/h4-8,13-14H,9-12H2,1-3H3/t13-,14-/m0/s1. The van der Waals surface area contributed by atoms with Gasteiger partial charge < -0.3 is 9.80 Å². The SMILES string of the molecule is CN(Cc1ncccc1Cl)C[C@@H]1C[C@H](F)CN1c1ccnc(N(C)C)n1. The molecule has 3 heterocycles. The van der Waals surface area contributed by atoms with Crippen LogP contribution in [0.25, 0.3) is 0 Å². The fourth-order valence-electron chi connectivity index (χ4n) is 3.24. The van der Waals surface area contributed by atoms with Crippen molar-refractivity contribution in [2.24, 2.45) is 0 Å². The topological polar surface area (TPSA) is 48.4 Å². The highest BCUT2D eigenvalue weighted by Crippen LogP contribution is 2.27. The van der Waals surface area contributed by atoms with Crippen LogP contribution < -0.4 is 9.80 Å². The molecule has 0 N–H and O–H groups in total. The summed E-state index contributed by atoms with van der Waals surface area (Å²) in [5.41, 5.74) is 0.829. The van der Waals surface area contributed by atoms with E-state index in [9.17, 15) is 4.39 Å². The highest BCUT2D eigenvalue weighted by molar-refractivity contribution is 6.31. The molecular formula is C18H24ClFN6. The first kappa shape index (κ1) is 18.8. The number of aromatic nitrogens is 3. The average molecular weight is 379 g/mol. The Labute approximate surface area is 158 Å². The molecule has 3 rings (SSSR count). The predicted molar refractivity (Wildman–Crippen MR) is 103 cm³/mol. The second-order valence-electron chi connectivity index (χ2n) is 6.88. The first-order valence-corrected chi connectivity index (χ1v) is 9.01. The molecule has 2 aromatic heterocycles. The zero-order valence-electron chi connectivity index (χ0n) is 15.3. The Morgan fingerprint density at radius 3 is 2.77 bits per heavy atom. The highest BCUT2D eigenvalue weighted by Gasteiger charge is 2.34. The molecule has 140 valence electrons. The molecule has 0 aliphatic carbocycles. The maximum Gasteiger partial charge on any atom is 0.226 e. The summed E-state index contributed by atoms with van der Waals surface area (Å²) < 4.78 is 14.2. The summed E-state index contributed by atoms with van der Waals surface area (Å²) in [6.45, 7) is 1.68. The summed E-state index contributed by atoms with van der Waals surface area (Å²) >= 11 is 6.20. The number of nitrogens with zero attached hydrogens (tertiary/aromatic N) is 6. The van der Waals surface area contributed by atoms with Gasteiger partial charge in [-0.15, -0.1) is 0 Å². The first-order valence-electron chi connectivity index (χ1n) is 8.63. The molecule has 0 unspecified atom stereocenters. The molecule has 8 heteroatoms. The average Bonchev–Trinajstić information content (AvgIpc) is 2.97. The maximum atomic E-state index is 14.2. The third-order valence-corrected chi connectivity index (χ3v) is 4.81. The molecule has 2 atom stereocenters. The maximum absolute atomic E-state index is 14.2. The van der Waals surface area contributed by atoms with Crippen molar-refractivity contribution in [1.29, 1.82) is 0 Å². The van der Waals surface area contributed by atoms with E-state index in [1.54, 1.807) is 12.4 Å². The van der Waals surface area contributed by atoms with Gasteiger partial charge >= 0.3 is 0 Å². The van der Waals surface area contributed by atoms with E-state index in [1.807, 2.05) is 49.1 Å². The summed E-state index contributed by atoms with van der Waals surface area (Å²) in [7, 11) is 5.78. The van der Waals surface area contributed by atoms with Crippen LogP contribution in [0, 0.1) is 0 Å². The lowest BCUT2D eigenvalue weighted by Gasteiger charge is -2.29. The molecule has 2 aromatic rings. The van der Waals surface area contributed by atoms with Crippen LogP contribution in [-0.2, 0) is 6.54 Å². The Hall–Kier alpha value is -1.99. The largest absolute Gasteiger partial charge is 0.349 e. The number of alkyl halides is 1. The van der Waals surface area contributed by atoms with Crippen LogP contribution in [0.3, 0.4) is 0 Å². The number of hydrogen-bond acceptors (Lipinski definition) is 6. The van der Waals surface area contributed by atoms with Gasteiger partial charge in [-0.25, -0.2) is 9.37 Å². The van der Waals surface area contributed by atoms with Gasteiger partial charge in [0.25, 0.3) is 0 Å². The molecule has 1 fully saturated rings. The third-order valence-electron chi connectivity index (χ3n) is 4.46.